The molecule has 5 nitrogen and oxygen atoms in total. The fourth-order valence-electron chi connectivity index (χ4n) is 2.38. The lowest BCUT2D eigenvalue weighted by atomic mass is 10.0. The van der Waals surface area contributed by atoms with Gasteiger partial charge in [0.25, 0.3) is 0 Å². The molecule has 5 heteroatoms. The summed E-state index contributed by atoms with van der Waals surface area (Å²) in [7, 11) is 0. The van der Waals surface area contributed by atoms with Crippen LogP contribution < -0.4 is 0 Å². The molecule has 0 saturated carbocycles. The second-order valence-electron chi connectivity index (χ2n) is 6.26. The number of hydrogen-bond acceptors (Lipinski definition) is 4. The third-order valence-electron chi connectivity index (χ3n) is 3.66. The van der Waals surface area contributed by atoms with Crippen molar-refractivity contribution in [3.8, 4) is 17.3 Å². The molecule has 0 saturated heterocycles. The Morgan fingerprint density at radius 1 is 1.26 bits per heavy atom. The van der Waals surface area contributed by atoms with Crippen LogP contribution in [0.2, 0.25) is 0 Å². The van der Waals surface area contributed by atoms with Gasteiger partial charge in [-0.15, -0.1) is 0 Å². The SMILES string of the molecule is CC(C)(O)CCc1ccn2nc(-c3cccc(C#N)c3)cc2n1. The van der Waals surface area contributed by atoms with Crippen LogP contribution in [0.3, 0.4) is 0 Å². The van der Waals surface area contributed by atoms with Crippen molar-refractivity contribution >= 4 is 5.65 Å². The highest BCUT2D eigenvalue weighted by Gasteiger charge is 2.13. The fourth-order valence-corrected chi connectivity index (χ4v) is 2.38. The summed E-state index contributed by atoms with van der Waals surface area (Å²) in [5, 5.41) is 23.3. The van der Waals surface area contributed by atoms with Gasteiger partial charge in [-0.3, -0.25) is 0 Å². The highest BCUT2D eigenvalue weighted by atomic mass is 16.3. The average Bonchev–Trinajstić information content (AvgIpc) is 2.95. The number of aliphatic hydroxyl groups is 1. The molecule has 0 amide bonds. The van der Waals surface area contributed by atoms with E-state index in [4.69, 9.17) is 5.26 Å². The first-order chi connectivity index (χ1) is 10.9. The summed E-state index contributed by atoms with van der Waals surface area (Å²) in [4.78, 5) is 4.59. The number of hydrogen-bond donors (Lipinski definition) is 1. The van der Waals surface area contributed by atoms with Crippen LogP contribution in [-0.4, -0.2) is 25.3 Å². The van der Waals surface area contributed by atoms with Crippen molar-refractivity contribution in [2.24, 2.45) is 0 Å². The third kappa shape index (κ3) is 3.55. The maximum atomic E-state index is 9.82. The lowest BCUT2D eigenvalue weighted by Crippen LogP contribution is -2.19. The first kappa shape index (κ1) is 15.2. The zero-order chi connectivity index (χ0) is 16.4. The Morgan fingerprint density at radius 2 is 2.09 bits per heavy atom. The minimum atomic E-state index is -0.697. The van der Waals surface area contributed by atoms with Crippen LogP contribution in [0.25, 0.3) is 16.9 Å². The van der Waals surface area contributed by atoms with E-state index >= 15 is 0 Å². The number of aryl methyl sites for hydroxylation is 1. The minimum absolute atomic E-state index is 0.610. The molecule has 0 atom stereocenters. The summed E-state index contributed by atoms with van der Waals surface area (Å²) in [6.45, 7) is 3.59. The number of nitrogens with zero attached hydrogens (tertiary/aromatic N) is 4. The largest absolute Gasteiger partial charge is 0.390 e. The van der Waals surface area contributed by atoms with Gasteiger partial charge in [0.2, 0.25) is 0 Å². The lowest BCUT2D eigenvalue weighted by molar-refractivity contribution is 0.0711. The summed E-state index contributed by atoms with van der Waals surface area (Å²) in [5.41, 5.74) is 3.28. The number of benzene rings is 1. The first-order valence-electron chi connectivity index (χ1n) is 7.53. The van der Waals surface area contributed by atoms with Crippen LogP contribution in [0.1, 0.15) is 31.5 Å². The summed E-state index contributed by atoms with van der Waals surface area (Å²) in [6.07, 6.45) is 3.24. The van der Waals surface area contributed by atoms with Crippen LogP contribution in [0, 0.1) is 11.3 Å². The molecule has 0 unspecified atom stereocenters. The molecule has 116 valence electrons. The molecule has 3 rings (SSSR count). The maximum absolute atomic E-state index is 9.82. The van der Waals surface area contributed by atoms with E-state index in [0.29, 0.717) is 18.4 Å². The number of nitriles is 1. The predicted molar refractivity (Wildman–Crippen MR) is 87.8 cm³/mol. The van der Waals surface area contributed by atoms with Crippen molar-refractivity contribution in [1.82, 2.24) is 14.6 Å². The Kier molecular flexibility index (Phi) is 3.85. The summed E-state index contributed by atoms with van der Waals surface area (Å²) in [6, 6.07) is 13.3. The van der Waals surface area contributed by atoms with Gasteiger partial charge in [0, 0.05) is 23.5 Å². The minimum Gasteiger partial charge on any atom is -0.390 e. The highest BCUT2D eigenvalue weighted by molar-refractivity contribution is 5.65. The zero-order valence-corrected chi connectivity index (χ0v) is 13.2. The van der Waals surface area contributed by atoms with Crippen LogP contribution in [0.4, 0.5) is 0 Å². The van der Waals surface area contributed by atoms with Crippen molar-refractivity contribution in [3.63, 3.8) is 0 Å². The molecule has 0 aliphatic heterocycles. The second kappa shape index (κ2) is 5.82. The maximum Gasteiger partial charge on any atom is 0.155 e. The van der Waals surface area contributed by atoms with E-state index in [-0.39, 0.29) is 0 Å². The fraction of sp³-hybridized carbons (Fsp3) is 0.278. The normalized spacial score (nSPS) is 11.6. The molecule has 2 heterocycles. The van der Waals surface area contributed by atoms with E-state index in [1.807, 2.05) is 36.5 Å². The summed E-state index contributed by atoms with van der Waals surface area (Å²) < 4.78 is 1.72. The number of fused-ring (bicyclic) bond motifs is 1. The Morgan fingerprint density at radius 3 is 2.83 bits per heavy atom. The number of rotatable bonds is 4. The molecule has 1 aromatic carbocycles. The van der Waals surface area contributed by atoms with Gasteiger partial charge in [-0.05, 0) is 44.9 Å². The molecule has 0 fully saturated rings. The van der Waals surface area contributed by atoms with Crippen molar-refractivity contribution in [3.05, 3.63) is 53.9 Å². The lowest BCUT2D eigenvalue weighted by Gasteiger charge is -2.16. The summed E-state index contributed by atoms with van der Waals surface area (Å²) >= 11 is 0. The smallest absolute Gasteiger partial charge is 0.155 e. The summed E-state index contributed by atoms with van der Waals surface area (Å²) in [5.74, 6) is 0. The quantitative estimate of drug-likeness (QED) is 0.804. The Bertz CT molecular complexity index is 884. The van der Waals surface area contributed by atoms with Gasteiger partial charge in [-0.1, -0.05) is 12.1 Å². The third-order valence-corrected chi connectivity index (χ3v) is 3.66. The van der Waals surface area contributed by atoms with E-state index in [0.717, 1.165) is 22.6 Å². The van der Waals surface area contributed by atoms with Crippen molar-refractivity contribution in [1.29, 1.82) is 5.26 Å². The van der Waals surface area contributed by atoms with E-state index in [2.05, 4.69) is 16.2 Å². The predicted octanol–water partition coefficient (Wildman–Crippen LogP) is 2.97. The van der Waals surface area contributed by atoms with Gasteiger partial charge in [0.1, 0.15) is 0 Å². The second-order valence-corrected chi connectivity index (χ2v) is 6.26. The molecule has 0 aliphatic rings. The van der Waals surface area contributed by atoms with Gasteiger partial charge >= 0.3 is 0 Å². The van der Waals surface area contributed by atoms with Crippen molar-refractivity contribution in [2.75, 3.05) is 0 Å². The van der Waals surface area contributed by atoms with Gasteiger partial charge in [-0.25, -0.2) is 9.50 Å². The van der Waals surface area contributed by atoms with Crippen LogP contribution in [0.15, 0.2) is 42.6 Å². The van der Waals surface area contributed by atoms with Crippen molar-refractivity contribution in [2.45, 2.75) is 32.3 Å². The highest BCUT2D eigenvalue weighted by Crippen LogP contribution is 2.20. The molecule has 0 spiro atoms. The molecule has 3 aromatic rings. The monoisotopic (exact) mass is 306 g/mol. The molecule has 23 heavy (non-hydrogen) atoms. The van der Waals surface area contributed by atoms with E-state index in [1.54, 1.807) is 24.4 Å². The van der Waals surface area contributed by atoms with E-state index in [1.165, 1.54) is 0 Å². The van der Waals surface area contributed by atoms with Crippen LogP contribution in [0.5, 0.6) is 0 Å². The topological polar surface area (TPSA) is 74.2 Å². The average molecular weight is 306 g/mol. The molecule has 2 aromatic heterocycles. The standard InChI is InChI=1S/C18H18N4O/c1-18(2,23)8-6-15-7-9-22-17(20-15)11-16(21-22)14-5-3-4-13(10-14)12-19/h3-5,7,9-11,23H,6,8H2,1-2H3. The first-order valence-corrected chi connectivity index (χ1v) is 7.53. The number of aromatic nitrogens is 3. The Hall–Kier alpha value is -2.71. The Labute approximate surface area is 134 Å². The van der Waals surface area contributed by atoms with Crippen LogP contribution >= 0.6 is 0 Å². The zero-order valence-electron chi connectivity index (χ0n) is 13.2. The van der Waals surface area contributed by atoms with E-state index < -0.39 is 5.60 Å². The van der Waals surface area contributed by atoms with Gasteiger partial charge in [0.15, 0.2) is 5.65 Å². The van der Waals surface area contributed by atoms with Gasteiger partial charge < -0.3 is 5.11 Å². The van der Waals surface area contributed by atoms with Crippen LogP contribution in [-0.2, 0) is 6.42 Å². The van der Waals surface area contributed by atoms with Crippen molar-refractivity contribution < 1.29 is 5.11 Å². The molecule has 0 aliphatic carbocycles. The van der Waals surface area contributed by atoms with Gasteiger partial charge in [0.05, 0.1) is 22.9 Å². The molecule has 1 N–H and O–H groups in total. The molecular formula is C18H18N4O. The molecular weight excluding hydrogens is 288 g/mol. The van der Waals surface area contributed by atoms with Gasteiger partial charge in [-0.2, -0.15) is 10.4 Å². The van der Waals surface area contributed by atoms with E-state index in [9.17, 15) is 5.11 Å². The Balaban J connectivity index is 1.91. The molecule has 0 radical (unpaired) electrons. The molecule has 0 bridgehead atoms.